The van der Waals surface area contributed by atoms with Crippen molar-refractivity contribution >= 4 is 23.9 Å². The lowest BCUT2D eigenvalue weighted by atomic mass is 9.46. The Morgan fingerprint density at radius 2 is 1.85 bits per heavy atom. The second-order valence-corrected chi connectivity index (χ2v) is 10.3. The molecule has 3 rings (SSSR count). The minimum atomic E-state index is -0.726. The zero-order valence-electron chi connectivity index (χ0n) is 20.8. The van der Waals surface area contributed by atoms with Crippen molar-refractivity contribution in [2.45, 2.75) is 78.9 Å². The Morgan fingerprint density at radius 1 is 1.15 bits per heavy atom. The zero-order valence-corrected chi connectivity index (χ0v) is 20.8. The monoisotopic (exact) mass is 476 g/mol. The lowest BCUT2D eigenvalue weighted by molar-refractivity contribution is -0.192. The molecule has 8 heteroatoms. The Labute approximate surface area is 201 Å². The fourth-order valence-electron chi connectivity index (χ4n) is 6.54. The number of esters is 4. The first-order valence-corrected chi connectivity index (χ1v) is 11.9. The molecule has 0 N–H and O–H groups in total. The molecule has 8 nitrogen and oxygen atoms in total. The summed E-state index contributed by atoms with van der Waals surface area (Å²) in [6.45, 7) is 13.0. The van der Waals surface area contributed by atoms with Gasteiger partial charge in [-0.25, -0.2) is 4.79 Å². The standard InChI is InChI=1S/C26H36O8/c1-15-7-8-22-25(5,11-9-23(34-18(4)29)26(22,6)14-32-16(2)27)20(15)13-21(33-17(3)28)19-10-12-31-24(19)30/h10,20-23H,1,7-9,11-14H2,2-6H3/t20-,21+,22+,23-,25-,26+/m1/s1. The van der Waals surface area contributed by atoms with Crippen LogP contribution >= 0.6 is 0 Å². The van der Waals surface area contributed by atoms with E-state index in [1.807, 2.05) is 6.92 Å². The number of cyclic esters (lactones) is 1. The molecule has 0 unspecified atom stereocenters. The smallest absolute Gasteiger partial charge is 0.337 e. The summed E-state index contributed by atoms with van der Waals surface area (Å²) in [4.78, 5) is 47.7. The molecule has 0 aromatic heterocycles. The summed E-state index contributed by atoms with van der Waals surface area (Å²) < 4.78 is 21.9. The Kier molecular flexibility index (Phi) is 7.58. The third kappa shape index (κ3) is 5.05. The van der Waals surface area contributed by atoms with Crippen LogP contribution in [0, 0.1) is 22.7 Å². The highest BCUT2D eigenvalue weighted by molar-refractivity contribution is 5.92. The summed E-state index contributed by atoms with van der Waals surface area (Å²) in [5.41, 5.74) is 0.530. The van der Waals surface area contributed by atoms with Gasteiger partial charge in [0.25, 0.3) is 0 Å². The summed E-state index contributed by atoms with van der Waals surface area (Å²) >= 11 is 0. The fourth-order valence-corrected chi connectivity index (χ4v) is 6.54. The number of carbonyl (C=O) groups is 4. The maximum absolute atomic E-state index is 12.3. The molecule has 0 amide bonds. The highest BCUT2D eigenvalue weighted by atomic mass is 16.6. The van der Waals surface area contributed by atoms with Crippen LogP contribution in [0.25, 0.3) is 0 Å². The van der Waals surface area contributed by atoms with Crippen LogP contribution in [-0.4, -0.2) is 49.3 Å². The largest absolute Gasteiger partial charge is 0.465 e. The number of fused-ring (bicyclic) bond motifs is 1. The van der Waals surface area contributed by atoms with Gasteiger partial charge in [-0.1, -0.05) is 26.0 Å². The van der Waals surface area contributed by atoms with Gasteiger partial charge >= 0.3 is 23.9 Å². The van der Waals surface area contributed by atoms with Gasteiger partial charge in [0.15, 0.2) is 0 Å². The minimum Gasteiger partial charge on any atom is -0.465 e. The molecule has 3 aliphatic rings. The van der Waals surface area contributed by atoms with Gasteiger partial charge in [0.05, 0.1) is 5.57 Å². The molecule has 2 saturated carbocycles. The van der Waals surface area contributed by atoms with Crippen LogP contribution in [0.15, 0.2) is 23.8 Å². The van der Waals surface area contributed by atoms with Crippen molar-refractivity contribution in [3.63, 3.8) is 0 Å². The van der Waals surface area contributed by atoms with Crippen molar-refractivity contribution in [2.24, 2.45) is 22.7 Å². The van der Waals surface area contributed by atoms with E-state index < -0.39 is 23.5 Å². The van der Waals surface area contributed by atoms with E-state index in [1.165, 1.54) is 20.8 Å². The normalized spacial score (nSPS) is 33.8. The molecular formula is C26H36O8. The molecule has 2 aliphatic carbocycles. The van der Waals surface area contributed by atoms with Crippen molar-refractivity contribution < 1.29 is 38.1 Å². The number of allylic oxidation sites excluding steroid dienone is 1. The summed E-state index contributed by atoms with van der Waals surface area (Å²) in [5.74, 6) is -1.68. The van der Waals surface area contributed by atoms with Crippen molar-refractivity contribution in [2.75, 3.05) is 13.2 Å². The molecule has 6 atom stereocenters. The molecule has 2 fully saturated rings. The summed E-state index contributed by atoms with van der Waals surface area (Å²) in [6, 6.07) is 0. The Morgan fingerprint density at radius 3 is 2.41 bits per heavy atom. The number of ether oxygens (including phenoxy) is 4. The molecule has 1 heterocycles. The van der Waals surface area contributed by atoms with Gasteiger partial charge in [0.2, 0.25) is 0 Å². The van der Waals surface area contributed by atoms with Crippen LogP contribution in [0.1, 0.15) is 66.7 Å². The molecule has 0 aromatic rings. The number of hydrogen-bond donors (Lipinski definition) is 0. The third-order valence-electron chi connectivity index (χ3n) is 8.07. The molecule has 0 aromatic carbocycles. The van der Waals surface area contributed by atoms with E-state index in [-0.39, 0.29) is 48.5 Å². The fraction of sp³-hybridized carbons (Fsp3) is 0.692. The Hall–Kier alpha value is -2.64. The predicted molar refractivity (Wildman–Crippen MR) is 122 cm³/mol. The Balaban J connectivity index is 1.96. The van der Waals surface area contributed by atoms with Gasteiger partial charge < -0.3 is 18.9 Å². The maximum atomic E-state index is 12.3. The van der Waals surface area contributed by atoms with E-state index in [2.05, 4.69) is 13.5 Å². The molecule has 0 radical (unpaired) electrons. The van der Waals surface area contributed by atoms with Crippen molar-refractivity contribution in [1.29, 1.82) is 0 Å². The van der Waals surface area contributed by atoms with Crippen molar-refractivity contribution in [3.8, 4) is 0 Å². The van der Waals surface area contributed by atoms with E-state index in [4.69, 9.17) is 18.9 Å². The first kappa shape index (κ1) is 26.0. The highest BCUT2D eigenvalue weighted by Crippen LogP contribution is 2.62. The van der Waals surface area contributed by atoms with E-state index in [0.29, 0.717) is 18.4 Å². The van der Waals surface area contributed by atoms with Crippen LogP contribution in [0.2, 0.25) is 0 Å². The first-order chi connectivity index (χ1) is 15.9. The van der Waals surface area contributed by atoms with E-state index in [0.717, 1.165) is 24.8 Å². The van der Waals surface area contributed by atoms with E-state index >= 15 is 0 Å². The van der Waals surface area contributed by atoms with Gasteiger partial charge in [-0.15, -0.1) is 0 Å². The SMILES string of the molecule is C=C1CC[C@H]2[C@](C)(CC[C@@H](OC(C)=O)[C@@]2(C)COC(C)=O)[C@@H]1C[C@H](OC(C)=O)C1=CCOC1=O. The van der Waals surface area contributed by atoms with Gasteiger partial charge in [-0.2, -0.15) is 0 Å². The quantitative estimate of drug-likeness (QED) is 0.311. The van der Waals surface area contributed by atoms with Crippen molar-refractivity contribution in [3.05, 3.63) is 23.8 Å². The van der Waals surface area contributed by atoms with Crippen LogP contribution < -0.4 is 0 Å². The van der Waals surface area contributed by atoms with Crippen LogP contribution in [0.4, 0.5) is 0 Å². The second-order valence-electron chi connectivity index (χ2n) is 10.3. The minimum absolute atomic E-state index is 0.0513. The van der Waals surface area contributed by atoms with Crippen LogP contribution in [0.3, 0.4) is 0 Å². The molecular weight excluding hydrogens is 440 g/mol. The average Bonchev–Trinajstić information content (AvgIpc) is 3.16. The van der Waals surface area contributed by atoms with Gasteiger partial charge in [-0.3, -0.25) is 14.4 Å². The maximum Gasteiger partial charge on any atom is 0.337 e. The van der Waals surface area contributed by atoms with E-state index in [9.17, 15) is 19.2 Å². The highest BCUT2D eigenvalue weighted by Gasteiger charge is 2.60. The summed E-state index contributed by atoms with van der Waals surface area (Å²) in [5, 5.41) is 0. The topological polar surface area (TPSA) is 105 Å². The van der Waals surface area contributed by atoms with Crippen LogP contribution in [0.5, 0.6) is 0 Å². The molecule has 34 heavy (non-hydrogen) atoms. The number of hydrogen-bond acceptors (Lipinski definition) is 8. The van der Waals surface area contributed by atoms with Gasteiger partial charge in [0.1, 0.15) is 25.4 Å². The molecule has 0 bridgehead atoms. The number of rotatable bonds is 7. The Bertz CT molecular complexity index is 904. The predicted octanol–water partition coefficient (Wildman–Crippen LogP) is 3.68. The number of carbonyl (C=O) groups excluding carboxylic acids is 4. The third-order valence-corrected chi connectivity index (χ3v) is 8.07. The molecule has 0 saturated heterocycles. The molecule has 1 aliphatic heterocycles. The van der Waals surface area contributed by atoms with Gasteiger partial charge in [0, 0.05) is 26.2 Å². The summed E-state index contributed by atoms with van der Waals surface area (Å²) in [7, 11) is 0. The molecule has 188 valence electrons. The van der Waals surface area contributed by atoms with Crippen molar-refractivity contribution in [1.82, 2.24) is 0 Å². The summed E-state index contributed by atoms with van der Waals surface area (Å²) in [6.07, 6.45) is 3.89. The zero-order chi connectivity index (χ0) is 25.3. The second kappa shape index (κ2) is 9.92. The molecule has 0 spiro atoms. The lowest BCUT2D eigenvalue weighted by Gasteiger charge is -2.60. The lowest BCUT2D eigenvalue weighted by Crippen LogP contribution is -2.59. The van der Waals surface area contributed by atoms with Crippen LogP contribution in [-0.2, 0) is 38.1 Å². The average molecular weight is 477 g/mol. The first-order valence-electron chi connectivity index (χ1n) is 11.9. The van der Waals surface area contributed by atoms with E-state index in [1.54, 1.807) is 6.08 Å². The van der Waals surface area contributed by atoms with Gasteiger partial charge in [-0.05, 0) is 55.4 Å².